The van der Waals surface area contributed by atoms with Crippen molar-refractivity contribution in [2.75, 3.05) is 31.6 Å². The summed E-state index contributed by atoms with van der Waals surface area (Å²) in [5, 5.41) is 0.997. The molecule has 8 heteroatoms. The number of hydrogen-bond acceptors (Lipinski definition) is 6. The van der Waals surface area contributed by atoms with Crippen LogP contribution in [0.2, 0.25) is 0 Å². The highest BCUT2D eigenvalue weighted by Gasteiger charge is 2.34. The number of likely N-dealkylation sites (N-methyl/N-ethyl adjacent to an activating group) is 1. The lowest BCUT2D eigenvalue weighted by atomic mass is 10.0. The third kappa shape index (κ3) is 4.75. The monoisotopic (exact) mass is 438 g/mol. The molecule has 0 saturated carbocycles. The highest BCUT2D eigenvalue weighted by molar-refractivity contribution is 7.91. The molecule has 0 N–H and O–H groups in total. The maximum absolute atomic E-state index is 13.5. The topological polar surface area (TPSA) is 83.5 Å². The Hall–Kier alpha value is -2.84. The molecule has 4 rings (SSSR count). The van der Waals surface area contributed by atoms with Crippen LogP contribution in [-0.2, 0) is 21.2 Å². The molecular weight excluding hydrogens is 412 g/mol. The minimum atomic E-state index is -3.04. The Labute approximate surface area is 182 Å². The number of aryl methyl sites for hydroxylation is 1. The third-order valence-electron chi connectivity index (χ3n) is 5.69. The largest absolute Gasteiger partial charge is 0.337 e. The number of rotatable bonds is 5. The first-order chi connectivity index (χ1) is 14.8. The van der Waals surface area contributed by atoms with Crippen molar-refractivity contribution < 1.29 is 13.2 Å². The zero-order valence-corrected chi connectivity index (χ0v) is 18.5. The van der Waals surface area contributed by atoms with Crippen LogP contribution in [-0.4, -0.2) is 65.7 Å². The molecule has 0 radical (unpaired) electrons. The maximum Gasteiger partial charge on any atom is 0.244 e. The van der Waals surface area contributed by atoms with E-state index in [-0.39, 0.29) is 24.0 Å². The van der Waals surface area contributed by atoms with E-state index in [4.69, 9.17) is 0 Å². The average molecular weight is 439 g/mol. The summed E-state index contributed by atoms with van der Waals surface area (Å²) in [6.45, 7) is 2.90. The first kappa shape index (κ1) is 21.4. The fourth-order valence-corrected chi connectivity index (χ4v) is 5.22. The summed E-state index contributed by atoms with van der Waals surface area (Å²) in [6.07, 6.45) is 0. The van der Waals surface area contributed by atoms with Crippen LogP contribution in [0.25, 0.3) is 10.9 Å². The minimum Gasteiger partial charge on any atom is -0.337 e. The average Bonchev–Trinajstić information content (AvgIpc) is 2.76. The van der Waals surface area contributed by atoms with E-state index in [1.807, 2.05) is 66.4 Å². The van der Waals surface area contributed by atoms with E-state index in [9.17, 15) is 13.2 Å². The molecule has 0 aliphatic carbocycles. The molecule has 1 aliphatic heterocycles. The predicted octanol–water partition coefficient (Wildman–Crippen LogP) is 2.37. The quantitative estimate of drug-likeness (QED) is 0.608. The molecule has 31 heavy (non-hydrogen) atoms. The van der Waals surface area contributed by atoms with Crippen molar-refractivity contribution in [1.29, 1.82) is 0 Å². The summed E-state index contributed by atoms with van der Waals surface area (Å²) in [5.74, 6) is 0.626. The Morgan fingerprint density at radius 2 is 1.68 bits per heavy atom. The van der Waals surface area contributed by atoms with Gasteiger partial charge in [0.1, 0.15) is 11.9 Å². The van der Waals surface area contributed by atoms with E-state index in [0.717, 1.165) is 22.2 Å². The van der Waals surface area contributed by atoms with Crippen LogP contribution in [0.3, 0.4) is 0 Å². The van der Waals surface area contributed by atoms with Crippen LogP contribution in [0.15, 0.2) is 54.6 Å². The molecule has 1 amide bonds. The smallest absolute Gasteiger partial charge is 0.244 e. The lowest BCUT2D eigenvalue weighted by Gasteiger charge is -2.35. The first-order valence-corrected chi connectivity index (χ1v) is 12.1. The van der Waals surface area contributed by atoms with E-state index in [1.165, 1.54) is 0 Å². The van der Waals surface area contributed by atoms with Gasteiger partial charge in [-0.25, -0.2) is 18.4 Å². The van der Waals surface area contributed by atoms with Gasteiger partial charge in [-0.2, -0.15) is 0 Å². The van der Waals surface area contributed by atoms with Gasteiger partial charge in [0, 0.05) is 31.2 Å². The molecule has 0 bridgehead atoms. The van der Waals surface area contributed by atoms with Crippen molar-refractivity contribution in [2.24, 2.45) is 0 Å². The number of carbonyl (C=O) groups is 1. The van der Waals surface area contributed by atoms with Crippen molar-refractivity contribution in [2.45, 2.75) is 19.5 Å². The number of carbonyl (C=O) groups excluding carboxylic acids is 1. The van der Waals surface area contributed by atoms with Gasteiger partial charge in [0.25, 0.3) is 0 Å². The SMILES string of the molecule is Cc1nc(CN(C)C(=O)C(c2ccccc2)N2CCS(=O)(=O)CC2)nc2ccccc12. The minimum absolute atomic E-state index is 0.0698. The van der Waals surface area contributed by atoms with E-state index < -0.39 is 15.9 Å². The van der Waals surface area contributed by atoms with Crippen LogP contribution in [0, 0.1) is 6.92 Å². The summed E-state index contributed by atoms with van der Waals surface area (Å²) in [7, 11) is -1.30. The Morgan fingerprint density at radius 1 is 1.03 bits per heavy atom. The molecule has 1 aromatic heterocycles. The number of fused-ring (bicyclic) bond motifs is 1. The van der Waals surface area contributed by atoms with Gasteiger partial charge in [-0.05, 0) is 18.6 Å². The number of aromatic nitrogens is 2. The highest BCUT2D eigenvalue weighted by atomic mass is 32.2. The van der Waals surface area contributed by atoms with Crippen molar-refractivity contribution in [1.82, 2.24) is 19.8 Å². The van der Waals surface area contributed by atoms with Gasteiger partial charge in [0.2, 0.25) is 5.91 Å². The number of nitrogens with zero attached hydrogens (tertiary/aromatic N) is 4. The van der Waals surface area contributed by atoms with Gasteiger partial charge in [0.15, 0.2) is 9.84 Å². The van der Waals surface area contributed by atoms with Gasteiger partial charge in [-0.1, -0.05) is 48.5 Å². The molecule has 1 saturated heterocycles. The van der Waals surface area contributed by atoms with Crippen molar-refractivity contribution in [3.05, 3.63) is 71.7 Å². The Balaban J connectivity index is 1.59. The molecular formula is C23H26N4O3S. The van der Waals surface area contributed by atoms with Crippen molar-refractivity contribution >= 4 is 26.6 Å². The summed E-state index contributed by atoms with van der Waals surface area (Å²) in [4.78, 5) is 26.3. The van der Waals surface area contributed by atoms with Crippen LogP contribution in [0.4, 0.5) is 0 Å². The van der Waals surface area contributed by atoms with Crippen LogP contribution < -0.4 is 0 Å². The van der Waals surface area contributed by atoms with E-state index in [0.29, 0.717) is 18.9 Å². The number of hydrogen-bond donors (Lipinski definition) is 0. The summed E-state index contributed by atoms with van der Waals surface area (Å²) in [5.41, 5.74) is 2.59. The number of benzene rings is 2. The fraction of sp³-hybridized carbons (Fsp3) is 0.348. The molecule has 7 nitrogen and oxygen atoms in total. The molecule has 2 heterocycles. The fourth-order valence-electron chi connectivity index (χ4n) is 3.99. The molecule has 3 aromatic rings. The molecule has 0 spiro atoms. The van der Waals surface area contributed by atoms with E-state index in [1.54, 1.807) is 11.9 Å². The maximum atomic E-state index is 13.5. The Morgan fingerprint density at radius 3 is 2.39 bits per heavy atom. The standard InChI is InChI=1S/C23H26N4O3S/c1-17-19-10-6-7-11-20(19)25-21(24-17)16-26(2)23(28)22(18-8-4-3-5-9-18)27-12-14-31(29,30)15-13-27/h3-11,22H,12-16H2,1-2H3. The Bertz CT molecular complexity index is 1180. The molecule has 1 fully saturated rings. The third-order valence-corrected chi connectivity index (χ3v) is 7.30. The van der Waals surface area contributed by atoms with Gasteiger partial charge in [0.05, 0.1) is 23.6 Å². The van der Waals surface area contributed by atoms with Gasteiger partial charge in [-0.3, -0.25) is 9.69 Å². The Kier molecular flexibility index (Phi) is 6.02. The van der Waals surface area contributed by atoms with Gasteiger partial charge in [-0.15, -0.1) is 0 Å². The number of amides is 1. The normalized spacial score (nSPS) is 17.4. The summed E-state index contributed by atoms with van der Waals surface area (Å²) in [6, 6.07) is 16.8. The molecule has 2 aromatic carbocycles. The summed E-state index contributed by atoms with van der Waals surface area (Å²) < 4.78 is 23.8. The predicted molar refractivity (Wildman–Crippen MR) is 120 cm³/mol. The molecule has 1 unspecified atom stereocenters. The van der Waals surface area contributed by atoms with Gasteiger partial charge < -0.3 is 4.90 Å². The second-order valence-electron chi connectivity index (χ2n) is 7.94. The second-order valence-corrected chi connectivity index (χ2v) is 10.2. The molecule has 1 aliphatic rings. The highest BCUT2D eigenvalue weighted by Crippen LogP contribution is 2.25. The summed E-state index contributed by atoms with van der Waals surface area (Å²) >= 11 is 0. The van der Waals surface area contributed by atoms with Crippen molar-refractivity contribution in [3.63, 3.8) is 0 Å². The zero-order chi connectivity index (χ0) is 22.0. The van der Waals surface area contributed by atoms with Crippen LogP contribution >= 0.6 is 0 Å². The lowest BCUT2D eigenvalue weighted by Crippen LogP contribution is -2.47. The number of para-hydroxylation sites is 1. The van der Waals surface area contributed by atoms with Crippen molar-refractivity contribution in [3.8, 4) is 0 Å². The molecule has 162 valence electrons. The van der Waals surface area contributed by atoms with E-state index in [2.05, 4.69) is 9.97 Å². The first-order valence-electron chi connectivity index (χ1n) is 10.3. The van der Waals surface area contributed by atoms with E-state index >= 15 is 0 Å². The lowest BCUT2D eigenvalue weighted by molar-refractivity contribution is -0.136. The number of sulfone groups is 1. The second kappa shape index (κ2) is 8.72. The molecule has 1 atom stereocenters. The van der Waals surface area contributed by atoms with Crippen LogP contribution in [0.1, 0.15) is 23.1 Å². The van der Waals surface area contributed by atoms with Crippen LogP contribution in [0.5, 0.6) is 0 Å². The van der Waals surface area contributed by atoms with Gasteiger partial charge >= 0.3 is 0 Å². The zero-order valence-electron chi connectivity index (χ0n) is 17.7.